The predicted molar refractivity (Wildman–Crippen MR) is 137 cm³/mol. The Kier molecular flexibility index (Phi) is 7.95. The van der Waals surface area contributed by atoms with Crippen molar-refractivity contribution in [1.29, 1.82) is 0 Å². The van der Waals surface area contributed by atoms with Crippen molar-refractivity contribution in [1.82, 2.24) is 5.32 Å². The molecule has 3 aromatic carbocycles. The highest BCUT2D eigenvalue weighted by Crippen LogP contribution is 2.37. The maximum Gasteiger partial charge on any atom is 0.335 e. The highest BCUT2D eigenvalue weighted by Gasteiger charge is 2.36. The van der Waals surface area contributed by atoms with Crippen LogP contribution in [0.3, 0.4) is 0 Å². The summed E-state index contributed by atoms with van der Waals surface area (Å²) in [6.07, 6.45) is 1.33. The van der Waals surface area contributed by atoms with Crippen LogP contribution in [0.4, 0.5) is 10.5 Å². The molecule has 0 radical (unpaired) electrons. The first-order valence-electron chi connectivity index (χ1n) is 11.1. The van der Waals surface area contributed by atoms with E-state index in [1.807, 2.05) is 30.3 Å². The van der Waals surface area contributed by atoms with Crippen LogP contribution in [-0.2, 0) is 9.59 Å². The number of methoxy groups -OCH3 is 2. The van der Waals surface area contributed by atoms with Gasteiger partial charge in [-0.1, -0.05) is 29.8 Å². The van der Waals surface area contributed by atoms with Gasteiger partial charge in [0.1, 0.15) is 30.3 Å². The number of para-hydroxylation sites is 1. The Morgan fingerprint density at radius 1 is 0.865 bits per heavy atom. The van der Waals surface area contributed by atoms with Gasteiger partial charge in [0, 0.05) is 0 Å². The normalized spacial score (nSPS) is 14.4. The molecule has 1 heterocycles. The van der Waals surface area contributed by atoms with Crippen molar-refractivity contribution in [2.24, 2.45) is 0 Å². The average molecular weight is 523 g/mol. The zero-order chi connectivity index (χ0) is 26.4. The molecule has 0 aliphatic carbocycles. The number of amides is 4. The molecule has 0 atom stereocenters. The van der Waals surface area contributed by atoms with Crippen LogP contribution >= 0.6 is 11.6 Å². The standard InChI is InChI=1S/C27H23ClN2O7/c1-34-19-10-8-18(9-11-19)30-26(32)21(25(31)29-27(30)33)14-17-15-22(28)24(23(16-17)35-2)37-13-12-36-20-6-4-3-5-7-20/h3-11,14-16H,12-13H2,1-2H3,(H,29,31,33)/b21-14+. The molecule has 37 heavy (non-hydrogen) atoms. The molecule has 0 bridgehead atoms. The summed E-state index contributed by atoms with van der Waals surface area (Å²) in [4.78, 5) is 39.0. The van der Waals surface area contributed by atoms with Crippen LogP contribution < -0.4 is 29.2 Å². The number of urea groups is 1. The number of hydrogen-bond acceptors (Lipinski definition) is 7. The number of rotatable bonds is 9. The maximum atomic E-state index is 13.1. The van der Waals surface area contributed by atoms with E-state index in [9.17, 15) is 14.4 Å². The van der Waals surface area contributed by atoms with Gasteiger partial charge in [0.15, 0.2) is 11.5 Å². The van der Waals surface area contributed by atoms with Crippen molar-refractivity contribution in [2.45, 2.75) is 0 Å². The number of nitrogens with zero attached hydrogens (tertiary/aromatic N) is 1. The number of benzene rings is 3. The number of carbonyl (C=O) groups is 3. The highest BCUT2D eigenvalue weighted by molar-refractivity contribution is 6.39. The third-order valence-electron chi connectivity index (χ3n) is 5.34. The van der Waals surface area contributed by atoms with Crippen LogP contribution in [-0.4, -0.2) is 45.3 Å². The molecule has 1 aliphatic heterocycles. The van der Waals surface area contributed by atoms with Crippen molar-refractivity contribution in [3.05, 3.63) is 82.9 Å². The second-order valence-corrected chi connectivity index (χ2v) is 8.11. The highest BCUT2D eigenvalue weighted by atomic mass is 35.5. The Morgan fingerprint density at radius 3 is 2.24 bits per heavy atom. The summed E-state index contributed by atoms with van der Waals surface area (Å²) in [6, 6.07) is 17.8. The fraction of sp³-hybridized carbons (Fsp3) is 0.148. The zero-order valence-electron chi connectivity index (χ0n) is 20.0. The molecule has 0 unspecified atom stereocenters. The second kappa shape index (κ2) is 11.5. The summed E-state index contributed by atoms with van der Waals surface area (Å²) in [5.74, 6) is 0.240. The topological polar surface area (TPSA) is 103 Å². The number of nitrogens with one attached hydrogen (secondary N) is 1. The van der Waals surface area contributed by atoms with Gasteiger partial charge in [-0.3, -0.25) is 14.9 Å². The number of barbiturate groups is 1. The lowest BCUT2D eigenvalue weighted by atomic mass is 10.1. The Balaban J connectivity index is 1.53. The van der Waals surface area contributed by atoms with Gasteiger partial charge in [-0.15, -0.1) is 0 Å². The van der Waals surface area contributed by atoms with Crippen molar-refractivity contribution in [3.8, 4) is 23.0 Å². The second-order valence-electron chi connectivity index (χ2n) is 7.70. The molecule has 0 saturated carbocycles. The molecule has 190 valence electrons. The summed E-state index contributed by atoms with van der Waals surface area (Å²) in [7, 11) is 2.94. The van der Waals surface area contributed by atoms with E-state index in [-0.39, 0.29) is 35.2 Å². The van der Waals surface area contributed by atoms with Crippen molar-refractivity contribution in [3.63, 3.8) is 0 Å². The summed E-state index contributed by atoms with van der Waals surface area (Å²) < 4.78 is 21.9. The van der Waals surface area contributed by atoms with Gasteiger partial charge in [-0.2, -0.15) is 0 Å². The van der Waals surface area contributed by atoms with E-state index in [1.165, 1.54) is 38.5 Å². The van der Waals surface area contributed by atoms with Crippen LogP contribution in [0.5, 0.6) is 23.0 Å². The Hall–Kier alpha value is -4.50. The predicted octanol–water partition coefficient (Wildman–Crippen LogP) is 4.48. The van der Waals surface area contributed by atoms with Crippen molar-refractivity contribution >= 4 is 41.2 Å². The first-order valence-corrected chi connectivity index (χ1v) is 11.5. The van der Waals surface area contributed by atoms with E-state index in [2.05, 4.69) is 5.32 Å². The largest absolute Gasteiger partial charge is 0.497 e. The Morgan fingerprint density at radius 2 is 1.57 bits per heavy atom. The molecule has 3 aromatic rings. The van der Waals surface area contributed by atoms with E-state index in [4.69, 9.17) is 30.5 Å². The average Bonchev–Trinajstić information content (AvgIpc) is 2.90. The molecular weight excluding hydrogens is 500 g/mol. The van der Waals surface area contributed by atoms with E-state index in [1.54, 1.807) is 18.2 Å². The molecule has 1 N–H and O–H groups in total. The fourth-order valence-corrected chi connectivity index (χ4v) is 3.85. The van der Waals surface area contributed by atoms with Crippen LogP contribution in [0.1, 0.15) is 5.56 Å². The minimum Gasteiger partial charge on any atom is -0.497 e. The lowest BCUT2D eigenvalue weighted by Gasteiger charge is -2.26. The number of hydrogen-bond donors (Lipinski definition) is 1. The van der Waals surface area contributed by atoms with Gasteiger partial charge in [0.05, 0.1) is 24.9 Å². The van der Waals surface area contributed by atoms with Gasteiger partial charge in [0.2, 0.25) is 0 Å². The fourth-order valence-electron chi connectivity index (χ4n) is 3.57. The van der Waals surface area contributed by atoms with Crippen LogP contribution in [0.15, 0.2) is 72.3 Å². The molecule has 10 heteroatoms. The van der Waals surface area contributed by atoms with Crippen LogP contribution in [0, 0.1) is 0 Å². The molecule has 1 aliphatic rings. The summed E-state index contributed by atoms with van der Waals surface area (Å²) in [6.45, 7) is 0.477. The molecule has 0 spiro atoms. The minimum atomic E-state index is -0.852. The van der Waals surface area contributed by atoms with Crippen molar-refractivity contribution in [2.75, 3.05) is 32.3 Å². The van der Waals surface area contributed by atoms with E-state index >= 15 is 0 Å². The third kappa shape index (κ3) is 5.84. The number of halogens is 1. The molecule has 1 saturated heterocycles. The monoisotopic (exact) mass is 522 g/mol. The van der Waals surface area contributed by atoms with Gasteiger partial charge in [0.25, 0.3) is 11.8 Å². The summed E-state index contributed by atoms with van der Waals surface area (Å²) in [5.41, 5.74) is 0.425. The van der Waals surface area contributed by atoms with E-state index < -0.39 is 17.8 Å². The number of carbonyl (C=O) groups excluding carboxylic acids is 3. The maximum absolute atomic E-state index is 13.1. The summed E-state index contributed by atoms with van der Waals surface area (Å²) in [5, 5.41) is 2.39. The number of anilines is 1. The molecule has 4 rings (SSSR count). The smallest absolute Gasteiger partial charge is 0.335 e. The Bertz CT molecular complexity index is 1340. The van der Waals surface area contributed by atoms with Gasteiger partial charge in [-0.05, 0) is 60.2 Å². The van der Waals surface area contributed by atoms with Crippen LogP contribution in [0.2, 0.25) is 5.02 Å². The molecule has 0 aromatic heterocycles. The third-order valence-corrected chi connectivity index (χ3v) is 5.62. The zero-order valence-corrected chi connectivity index (χ0v) is 20.8. The number of ether oxygens (including phenoxy) is 4. The quantitative estimate of drug-likeness (QED) is 0.251. The first-order chi connectivity index (χ1) is 17.9. The molecule has 9 nitrogen and oxygen atoms in total. The SMILES string of the molecule is COc1ccc(N2C(=O)NC(=O)/C(=C\c3cc(Cl)c(OCCOc4ccccc4)c(OC)c3)C2=O)cc1. The molecule has 1 fully saturated rings. The molecule has 4 amide bonds. The van der Waals surface area contributed by atoms with Gasteiger partial charge in [-0.25, -0.2) is 9.69 Å². The van der Waals surface area contributed by atoms with Gasteiger partial charge < -0.3 is 18.9 Å². The van der Waals surface area contributed by atoms with Crippen molar-refractivity contribution < 1.29 is 33.3 Å². The van der Waals surface area contributed by atoms with E-state index in [0.717, 1.165) is 4.90 Å². The lowest BCUT2D eigenvalue weighted by Crippen LogP contribution is -2.54. The molecular formula is C27H23ClN2O7. The first kappa shape index (κ1) is 25.6. The Labute approximate surface area is 218 Å². The van der Waals surface area contributed by atoms with Gasteiger partial charge >= 0.3 is 6.03 Å². The lowest BCUT2D eigenvalue weighted by molar-refractivity contribution is -0.122. The summed E-state index contributed by atoms with van der Waals surface area (Å²) >= 11 is 6.44. The van der Waals surface area contributed by atoms with Crippen LogP contribution in [0.25, 0.3) is 6.08 Å². The minimum absolute atomic E-state index is 0.200. The number of imide groups is 2. The van der Waals surface area contributed by atoms with E-state index in [0.29, 0.717) is 22.8 Å².